The molecule has 1 N–H and O–H groups in total. The van der Waals surface area contributed by atoms with Crippen LogP contribution < -0.4 is 0 Å². The van der Waals surface area contributed by atoms with Crippen LogP contribution in [0.15, 0.2) is 22.6 Å². The quantitative estimate of drug-likeness (QED) is 0.428. The van der Waals surface area contributed by atoms with E-state index in [2.05, 4.69) is 22.6 Å². The van der Waals surface area contributed by atoms with Gasteiger partial charge in [0.25, 0.3) is 0 Å². The summed E-state index contributed by atoms with van der Waals surface area (Å²) in [5.41, 5.74) is 0. The van der Waals surface area contributed by atoms with Gasteiger partial charge in [-0.05, 0) is 0 Å². The van der Waals surface area contributed by atoms with Gasteiger partial charge < -0.3 is 5.11 Å². The van der Waals surface area contributed by atoms with Crippen molar-refractivity contribution in [1.29, 1.82) is 0 Å². The van der Waals surface area contributed by atoms with Gasteiger partial charge in [-0.1, -0.05) is 6.08 Å². The summed E-state index contributed by atoms with van der Waals surface area (Å²) in [5.74, 6) is 0. The first-order valence-corrected chi connectivity index (χ1v) is 2.71. The lowest BCUT2D eigenvalue weighted by Crippen LogP contribution is -1.84. The number of hydrogen-bond donors (Lipinski definition) is 1. The maximum Gasteiger partial charge on any atom is 0.0896 e. The van der Waals surface area contributed by atoms with Gasteiger partial charge in [-0.25, -0.2) is 9.98 Å². The summed E-state index contributed by atoms with van der Waals surface area (Å²) >= 11 is 0. The van der Waals surface area contributed by atoms with Gasteiger partial charge in [-0.3, -0.25) is 0 Å². The molecule has 0 aromatic heterocycles. The van der Waals surface area contributed by atoms with Gasteiger partial charge in [0.15, 0.2) is 0 Å². The van der Waals surface area contributed by atoms with Gasteiger partial charge >= 0.3 is 0 Å². The van der Waals surface area contributed by atoms with Crippen molar-refractivity contribution in [3.05, 3.63) is 12.7 Å². The zero-order valence-electron chi connectivity index (χ0n) is 5.25. The van der Waals surface area contributed by atoms with Gasteiger partial charge in [0.2, 0.25) is 0 Å². The van der Waals surface area contributed by atoms with E-state index in [0.717, 1.165) is 0 Å². The number of nitrogens with zero attached hydrogens (tertiary/aromatic N) is 2. The third-order valence-electron chi connectivity index (χ3n) is 0.574. The summed E-state index contributed by atoms with van der Waals surface area (Å²) in [4.78, 5) is 7.29. The minimum Gasteiger partial charge on any atom is -0.394 e. The van der Waals surface area contributed by atoms with Crippen LogP contribution in [0.4, 0.5) is 0 Å². The third-order valence-corrected chi connectivity index (χ3v) is 0.574. The van der Waals surface area contributed by atoms with Crippen LogP contribution >= 0.6 is 0 Å². The van der Waals surface area contributed by atoms with E-state index in [4.69, 9.17) is 5.11 Å². The van der Waals surface area contributed by atoms with Gasteiger partial charge in [-0.15, -0.1) is 6.58 Å². The Morgan fingerprint density at radius 1 is 1.56 bits per heavy atom. The second-order valence-corrected chi connectivity index (χ2v) is 1.33. The first-order chi connectivity index (χ1) is 4.41. The minimum atomic E-state index is 0.0522. The molecule has 0 aromatic rings. The normalized spacial score (nSPS) is 7.67. The van der Waals surface area contributed by atoms with Gasteiger partial charge in [0, 0.05) is 0 Å². The van der Waals surface area contributed by atoms with E-state index in [0.29, 0.717) is 13.1 Å². The Kier molecular flexibility index (Phi) is 6.36. The Hall–Kier alpha value is -0.920. The maximum absolute atomic E-state index is 8.23. The molecule has 0 heterocycles. The average molecular weight is 126 g/mol. The number of aliphatic hydroxyl groups excluding tert-OH is 1. The van der Waals surface area contributed by atoms with Crippen LogP contribution in [-0.2, 0) is 0 Å². The monoisotopic (exact) mass is 126 g/mol. The zero-order valence-corrected chi connectivity index (χ0v) is 5.25. The maximum atomic E-state index is 8.23. The lowest BCUT2D eigenvalue weighted by atomic mass is 10.7. The Morgan fingerprint density at radius 2 is 2.33 bits per heavy atom. The van der Waals surface area contributed by atoms with E-state index >= 15 is 0 Å². The van der Waals surface area contributed by atoms with Crippen LogP contribution in [0.3, 0.4) is 0 Å². The first-order valence-electron chi connectivity index (χ1n) is 2.71. The Bertz CT molecular complexity index is 125. The molecule has 0 saturated carbocycles. The van der Waals surface area contributed by atoms with Crippen LogP contribution in [0.5, 0.6) is 0 Å². The second-order valence-electron chi connectivity index (χ2n) is 1.33. The van der Waals surface area contributed by atoms with E-state index in [1.54, 1.807) is 6.08 Å². The molecule has 0 radical (unpaired) electrons. The lowest BCUT2D eigenvalue weighted by Gasteiger charge is -1.76. The van der Waals surface area contributed by atoms with E-state index in [-0.39, 0.29) is 6.61 Å². The highest BCUT2D eigenvalue weighted by atomic mass is 16.3. The summed E-state index contributed by atoms with van der Waals surface area (Å²) in [5, 5.41) is 8.23. The lowest BCUT2D eigenvalue weighted by molar-refractivity contribution is 0.307. The second kappa shape index (κ2) is 7.08. The van der Waals surface area contributed by atoms with Gasteiger partial charge in [0.05, 0.1) is 25.7 Å². The Morgan fingerprint density at radius 3 is 2.89 bits per heavy atom. The summed E-state index contributed by atoms with van der Waals surface area (Å²) in [7, 11) is 0. The summed E-state index contributed by atoms with van der Waals surface area (Å²) in [6, 6.07) is 2.41. The Labute approximate surface area is 54.5 Å². The molecule has 0 spiro atoms. The molecule has 0 aliphatic heterocycles. The van der Waals surface area contributed by atoms with Crippen LogP contribution in [0.1, 0.15) is 0 Å². The molecular weight excluding hydrogens is 116 g/mol. The smallest absolute Gasteiger partial charge is 0.0896 e. The van der Waals surface area contributed by atoms with Crippen molar-refractivity contribution < 1.29 is 5.11 Å². The molecule has 0 atom stereocenters. The first kappa shape index (κ1) is 8.08. The van der Waals surface area contributed by atoms with Crippen molar-refractivity contribution >= 4 is 6.01 Å². The van der Waals surface area contributed by atoms with E-state index in [1.165, 1.54) is 0 Å². The predicted molar refractivity (Wildman–Crippen MR) is 36.9 cm³/mol. The van der Waals surface area contributed by atoms with E-state index in [1.807, 2.05) is 0 Å². The molecule has 50 valence electrons. The van der Waals surface area contributed by atoms with Crippen molar-refractivity contribution in [3.63, 3.8) is 0 Å². The van der Waals surface area contributed by atoms with Crippen molar-refractivity contribution in [2.45, 2.75) is 0 Å². The molecule has 3 nitrogen and oxygen atoms in total. The summed E-state index contributed by atoms with van der Waals surface area (Å²) < 4.78 is 0. The molecule has 3 heteroatoms. The molecule has 0 unspecified atom stereocenters. The molecule has 0 bridgehead atoms. The fraction of sp³-hybridized carbons (Fsp3) is 0.500. The molecule has 0 aliphatic carbocycles. The van der Waals surface area contributed by atoms with Gasteiger partial charge in [0.1, 0.15) is 0 Å². The molecule has 0 fully saturated rings. The fourth-order valence-corrected chi connectivity index (χ4v) is 0.255. The standard InChI is InChI=1S/C6H10N2O/c1-2-3-7-6-8-4-5-9/h2,9H,1,3-5H2. The Balaban J connectivity index is 3.29. The number of rotatable bonds is 4. The molecule has 0 aliphatic rings. The zero-order chi connectivity index (χ0) is 6.95. The van der Waals surface area contributed by atoms with Crippen LogP contribution in [-0.4, -0.2) is 30.8 Å². The topological polar surface area (TPSA) is 45.0 Å². The van der Waals surface area contributed by atoms with Crippen LogP contribution in [0.2, 0.25) is 0 Å². The molecule has 0 amide bonds. The molecule has 0 rings (SSSR count). The predicted octanol–water partition coefficient (Wildman–Crippen LogP) is 0.339. The minimum absolute atomic E-state index is 0.0522. The van der Waals surface area contributed by atoms with Crippen molar-refractivity contribution in [2.75, 3.05) is 19.7 Å². The largest absolute Gasteiger partial charge is 0.394 e. The van der Waals surface area contributed by atoms with Crippen molar-refractivity contribution in [1.82, 2.24) is 0 Å². The highest BCUT2D eigenvalue weighted by molar-refractivity contribution is 5.41. The SMILES string of the molecule is C=CCN=C=NCCO. The third kappa shape index (κ3) is 7.08. The van der Waals surface area contributed by atoms with Crippen LogP contribution in [0.25, 0.3) is 0 Å². The molecular formula is C6H10N2O. The highest BCUT2D eigenvalue weighted by Gasteiger charge is 1.68. The summed E-state index contributed by atoms with van der Waals surface area (Å²) in [6.07, 6.45) is 1.65. The number of aliphatic hydroxyl groups is 1. The van der Waals surface area contributed by atoms with E-state index < -0.39 is 0 Å². The van der Waals surface area contributed by atoms with E-state index in [9.17, 15) is 0 Å². The number of aliphatic imine (C=N–C) groups is 2. The van der Waals surface area contributed by atoms with Gasteiger partial charge in [-0.2, -0.15) is 0 Å². The highest BCUT2D eigenvalue weighted by Crippen LogP contribution is 1.66. The van der Waals surface area contributed by atoms with Crippen molar-refractivity contribution in [3.8, 4) is 0 Å². The van der Waals surface area contributed by atoms with Crippen LogP contribution in [0, 0.1) is 0 Å². The fourth-order valence-electron chi connectivity index (χ4n) is 0.255. The summed E-state index contributed by atoms with van der Waals surface area (Å²) in [6.45, 7) is 4.42. The average Bonchev–Trinajstić information content (AvgIpc) is 1.89. The molecule has 0 aromatic carbocycles. The number of hydrogen-bond acceptors (Lipinski definition) is 3. The molecule has 9 heavy (non-hydrogen) atoms. The molecule has 0 saturated heterocycles. The van der Waals surface area contributed by atoms with Crippen molar-refractivity contribution in [2.24, 2.45) is 9.98 Å².